The first-order valence-electron chi connectivity index (χ1n) is 3.70. The zero-order valence-corrected chi connectivity index (χ0v) is 8.18. The lowest BCUT2D eigenvalue weighted by Crippen LogP contribution is -2.04. The smallest absolute Gasteiger partial charge is 0.338 e. The van der Waals surface area contributed by atoms with E-state index in [2.05, 4.69) is 4.74 Å². The van der Waals surface area contributed by atoms with Gasteiger partial charge in [-0.1, -0.05) is 11.6 Å². The summed E-state index contributed by atoms with van der Waals surface area (Å²) in [6, 6.07) is 3.16. The zero-order chi connectivity index (χ0) is 10.0. The minimum Gasteiger partial charge on any atom is -0.465 e. The summed E-state index contributed by atoms with van der Waals surface area (Å²) >= 11 is 5.75. The Morgan fingerprint density at radius 1 is 1.54 bits per heavy atom. The van der Waals surface area contributed by atoms with Gasteiger partial charge in [0.2, 0.25) is 0 Å². The Balaban J connectivity index is 3.23. The number of nitrogens with two attached hydrogens (primary N) is 1. The van der Waals surface area contributed by atoms with Crippen molar-refractivity contribution in [2.45, 2.75) is 6.92 Å². The van der Waals surface area contributed by atoms with E-state index in [1.807, 2.05) is 0 Å². The molecule has 0 unspecified atom stereocenters. The molecule has 0 heterocycles. The van der Waals surface area contributed by atoms with Gasteiger partial charge >= 0.3 is 5.97 Å². The molecule has 0 aliphatic heterocycles. The maximum Gasteiger partial charge on any atom is 0.338 e. The largest absolute Gasteiger partial charge is 0.465 e. The van der Waals surface area contributed by atoms with Gasteiger partial charge in [-0.2, -0.15) is 0 Å². The first-order chi connectivity index (χ1) is 6.06. The molecule has 0 saturated carbocycles. The fraction of sp³-hybridized carbons (Fsp3) is 0.222. The van der Waals surface area contributed by atoms with Crippen LogP contribution in [-0.2, 0) is 4.74 Å². The third-order valence-corrected chi connectivity index (χ3v) is 2.08. The van der Waals surface area contributed by atoms with E-state index < -0.39 is 5.97 Å². The molecule has 1 aromatic carbocycles. The van der Waals surface area contributed by atoms with Crippen LogP contribution in [0.2, 0.25) is 5.02 Å². The van der Waals surface area contributed by atoms with Crippen molar-refractivity contribution in [2.24, 2.45) is 0 Å². The van der Waals surface area contributed by atoms with Crippen molar-refractivity contribution in [3.8, 4) is 0 Å². The SMILES string of the molecule is COC(=O)c1cc(Cl)c(N)cc1C. The molecular weight excluding hydrogens is 190 g/mol. The number of carbonyl (C=O) groups excluding carboxylic acids is 1. The lowest BCUT2D eigenvalue weighted by Gasteiger charge is -2.05. The van der Waals surface area contributed by atoms with E-state index in [0.717, 1.165) is 5.56 Å². The van der Waals surface area contributed by atoms with Gasteiger partial charge in [0, 0.05) is 0 Å². The quantitative estimate of drug-likeness (QED) is 0.556. The Bertz CT molecular complexity index is 350. The minimum absolute atomic E-state index is 0.367. The number of carbonyl (C=O) groups is 1. The van der Waals surface area contributed by atoms with Crippen molar-refractivity contribution in [3.63, 3.8) is 0 Å². The molecule has 2 N–H and O–H groups in total. The molecular formula is C9H10ClNO2. The van der Waals surface area contributed by atoms with Crippen LogP contribution in [0.25, 0.3) is 0 Å². The average Bonchev–Trinajstić information content (AvgIpc) is 2.10. The molecule has 0 radical (unpaired) electrons. The van der Waals surface area contributed by atoms with Crippen molar-refractivity contribution < 1.29 is 9.53 Å². The summed E-state index contributed by atoms with van der Waals surface area (Å²) in [4.78, 5) is 11.2. The molecule has 0 aliphatic carbocycles. The number of ether oxygens (including phenoxy) is 1. The van der Waals surface area contributed by atoms with Gasteiger partial charge in [-0.15, -0.1) is 0 Å². The molecule has 13 heavy (non-hydrogen) atoms. The number of methoxy groups -OCH3 is 1. The summed E-state index contributed by atoms with van der Waals surface area (Å²) in [5, 5.41) is 0.367. The second-order valence-corrected chi connectivity index (χ2v) is 3.09. The number of esters is 1. The maximum absolute atomic E-state index is 11.2. The fourth-order valence-corrected chi connectivity index (χ4v) is 1.20. The number of hydrogen-bond donors (Lipinski definition) is 1. The summed E-state index contributed by atoms with van der Waals surface area (Å²) in [5.74, 6) is -0.403. The molecule has 0 aliphatic rings. The number of anilines is 1. The summed E-state index contributed by atoms with van der Waals surface area (Å²) < 4.78 is 4.57. The van der Waals surface area contributed by atoms with Gasteiger partial charge in [0.1, 0.15) is 0 Å². The number of benzene rings is 1. The van der Waals surface area contributed by atoms with Crippen LogP contribution in [0.15, 0.2) is 12.1 Å². The molecule has 1 rings (SSSR count). The number of halogens is 1. The third kappa shape index (κ3) is 1.92. The summed E-state index contributed by atoms with van der Waals surface area (Å²) in [5.41, 5.74) is 7.22. The molecule has 3 nitrogen and oxygen atoms in total. The van der Waals surface area contributed by atoms with E-state index in [4.69, 9.17) is 17.3 Å². The first-order valence-corrected chi connectivity index (χ1v) is 4.08. The number of rotatable bonds is 1. The van der Waals surface area contributed by atoms with Gasteiger partial charge in [-0.3, -0.25) is 0 Å². The van der Waals surface area contributed by atoms with Gasteiger partial charge in [0.25, 0.3) is 0 Å². The molecule has 4 heteroatoms. The zero-order valence-electron chi connectivity index (χ0n) is 7.43. The molecule has 0 aromatic heterocycles. The Labute approximate surface area is 81.4 Å². The third-order valence-electron chi connectivity index (χ3n) is 1.75. The van der Waals surface area contributed by atoms with E-state index in [1.165, 1.54) is 13.2 Å². The maximum atomic E-state index is 11.2. The Hall–Kier alpha value is -1.22. The van der Waals surface area contributed by atoms with Gasteiger partial charge in [-0.05, 0) is 24.6 Å². The van der Waals surface area contributed by atoms with Crippen LogP contribution in [-0.4, -0.2) is 13.1 Å². The predicted octanol–water partition coefficient (Wildman–Crippen LogP) is 2.02. The van der Waals surface area contributed by atoms with Gasteiger partial charge in [0.05, 0.1) is 23.4 Å². The van der Waals surface area contributed by atoms with E-state index in [9.17, 15) is 4.79 Å². The molecule has 0 spiro atoms. The second kappa shape index (κ2) is 3.66. The van der Waals surface area contributed by atoms with E-state index in [0.29, 0.717) is 16.3 Å². The Kier molecular flexibility index (Phi) is 2.78. The summed E-state index contributed by atoms with van der Waals surface area (Å²) in [6.07, 6.45) is 0. The molecule has 0 fully saturated rings. The van der Waals surface area contributed by atoms with Crippen molar-refractivity contribution >= 4 is 23.3 Å². The Morgan fingerprint density at radius 2 is 2.15 bits per heavy atom. The van der Waals surface area contributed by atoms with Gasteiger partial charge in [-0.25, -0.2) is 4.79 Å². The highest BCUT2D eigenvalue weighted by Gasteiger charge is 2.11. The van der Waals surface area contributed by atoms with Crippen LogP contribution < -0.4 is 5.73 Å². The molecule has 0 amide bonds. The van der Waals surface area contributed by atoms with Crippen LogP contribution in [0.1, 0.15) is 15.9 Å². The molecule has 0 bridgehead atoms. The number of nitrogen functional groups attached to an aromatic ring is 1. The predicted molar refractivity (Wildman–Crippen MR) is 51.9 cm³/mol. The number of hydrogen-bond acceptors (Lipinski definition) is 3. The fourth-order valence-electron chi connectivity index (χ4n) is 1.03. The second-order valence-electron chi connectivity index (χ2n) is 2.68. The molecule has 1 aromatic rings. The van der Waals surface area contributed by atoms with Crippen LogP contribution >= 0.6 is 11.6 Å². The molecule has 0 saturated heterocycles. The van der Waals surface area contributed by atoms with E-state index >= 15 is 0 Å². The van der Waals surface area contributed by atoms with Crippen molar-refractivity contribution in [1.82, 2.24) is 0 Å². The normalized spacial score (nSPS) is 9.77. The van der Waals surface area contributed by atoms with Crippen molar-refractivity contribution in [1.29, 1.82) is 0 Å². The highest BCUT2D eigenvalue weighted by Crippen LogP contribution is 2.23. The standard InChI is InChI=1S/C9H10ClNO2/c1-5-3-8(11)7(10)4-6(5)9(12)13-2/h3-4H,11H2,1-2H3. The highest BCUT2D eigenvalue weighted by atomic mass is 35.5. The lowest BCUT2D eigenvalue weighted by atomic mass is 10.1. The summed E-state index contributed by atoms with van der Waals surface area (Å²) in [6.45, 7) is 1.78. The van der Waals surface area contributed by atoms with Crippen LogP contribution in [0.4, 0.5) is 5.69 Å². The van der Waals surface area contributed by atoms with E-state index in [1.54, 1.807) is 13.0 Å². The Morgan fingerprint density at radius 3 is 2.69 bits per heavy atom. The van der Waals surface area contributed by atoms with Gasteiger partial charge in [0.15, 0.2) is 0 Å². The monoisotopic (exact) mass is 199 g/mol. The minimum atomic E-state index is -0.403. The van der Waals surface area contributed by atoms with Crippen LogP contribution in [0.5, 0.6) is 0 Å². The topological polar surface area (TPSA) is 52.3 Å². The van der Waals surface area contributed by atoms with Crippen LogP contribution in [0.3, 0.4) is 0 Å². The van der Waals surface area contributed by atoms with Crippen molar-refractivity contribution in [2.75, 3.05) is 12.8 Å². The number of aryl methyl sites for hydroxylation is 1. The van der Waals surface area contributed by atoms with Gasteiger partial charge < -0.3 is 10.5 Å². The van der Waals surface area contributed by atoms with Crippen molar-refractivity contribution in [3.05, 3.63) is 28.3 Å². The lowest BCUT2D eigenvalue weighted by molar-refractivity contribution is 0.0600. The van der Waals surface area contributed by atoms with Crippen LogP contribution in [0, 0.1) is 6.92 Å². The van der Waals surface area contributed by atoms with E-state index in [-0.39, 0.29) is 0 Å². The first kappa shape index (κ1) is 9.86. The molecule has 70 valence electrons. The molecule has 0 atom stereocenters. The summed E-state index contributed by atoms with van der Waals surface area (Å²) in [7, 11) is 1.33. The average molecular weight is 200 g/mol. The highest BCUT2D eigenvalue weighted by molar-refractivity contribution is 6.33.